The maximum absolute atomic E-state index is 13.4. The number of hydrogen-bond donors (Lipinski definition) is 2. The minimum absolute atomic E-state index is 0.132. The highest BCUT2D eigenvalue weighted by molar-refractivity contribution is 6.27. The zero-order valence-electron chi connectivity index (χ0n) is 21.0. The molecule has 1 aliphatic rings. The number of ketones is 1. The molecular formula is C29H36N2O5. The molecule has 1 aliphatic heterocycles. The van der Waals surface area contributed by atoms with Crippen molar-refractivity contribution in [2.45, 2.75) is 58.3 Å². The molecule has 0 unspecified atom stereocenters. The monoisotopic (exact) mass is 492 g/mol. The van der Waals surface area contributed by atoms with Gasteiger partial charge in [-0.05, 0) is 87.5 Å². The molecule has 0 bridgehead atoms. The van der Waals surface area contributed by atoms with Gasteiger partial charge in [0.2, 0.25) is 5.78 Å². The number of aromatic nitrogens is 1. The van der Waals surface area contributed by atoms with Crippen molar-refractivity contribution in [3.8, 4) is 0 Å². The van der Waals surface area contributed by atoms with Crippen molar-refractivity contribution in [3.63, 3.8) is 0 Å². The summed E-state index contributed by atoms with van der Waals surface area (Å²) in [5.74, 6) is -3.52. The number of aliphatic carboxylic acids is 2. The predicted octanol–water partition coefficient (Wildman–Crippen LogP) is 5.09. The SMILES string of the molecule is CCCCc1cc2ccccn2c1C(=O)c1ccc(CCCN2CCCCC2)cc1.O=C(O)C(=O)O. The second-order valence-corrected chi connectivity index (χ2v) is 9.26. The first kappa shape index (κ1) is 27.1. The molecule has 2 N–H and O–H groups in total. The first-order valence-electron chi connectivity index (χ1n) is 12.8. The number of pyridine rings is 1. The van der Waals surface area contributed by atoms with E-state index in [1.54, 1.807) is 0 Å². The highest BCUT2D eigenvalue weighted by Gasteiger charge is 2.19. The van der Waals surface area contributed by atoms with Crippen LogP contribution in [0.15, 0.2) is 54.7 Å². The number of carboxylic acid groups (broad SMARTS) is 2. The van der Waals surface area contributed by atoms with E-state index in [1.165, 1.54) is 56.4 Å². The summed E-state index contributed by atoms with van der Waals surface area (Å²) in [6.45, 7) is 5.91. The van der Waals surface area contributed by atoms with E-state index in [4.69, 9.17) is 19.8 Å². The van der Waals surface area contributed by atoms with E-state index in [0.717, 1.165) is 42.5 Å². The van der Waals surface area contributed by atoms with Crippen molar-refractivity contribution in [1.29, 1.82) is 0 Å². The number of carboxylic acids is 2. The Morgan fingerprint density at radius 2 is 1.56 bits per heavy atom. The molecule has 36 heavy (non-hydrogen) atoms. The van der Waals surface area contributed by atoms with Gasteiger partial charge in [0.1, 0.15) is 0 Å². The zero-order chi connectivity index (χ0) is 25.9. The molecule has 3 aromatic rings. The lowest BCUT2D eigenvalue weighted by Crippen LogP contribution is -2.30. The Morgan fingerprint density at radius 1 is 0.861 bits per heavy atom. The van der Waals surface area contributed by atoms with Crippen LogP contribution in [0.1, 0.15) is 72.6 Å². The van der Waals surface area contributed by atoms with Crippen LogP contribution >= 0.6 is 0 Å². The molecule has 192 valence electrons. The van der Waals surface area contributed by atoms with Crippen molar-refractivity contribution < 1.29 is 24.6 Å². The highest BCUT2D eigenvalue weighted by Crippen LogP contribution is 2.22. The Bertz CT molecular complexity index is 1150. The van der Waals surface area contributed by atoms with Gasteiger partial charge >= 0.3 is 11.9 Å². The largest absolute Gasteiger partial charge is 0.473 e. The number of likely N-dealkylation sites (tertiary alicyclic amines) is 1. The van der Waals surface area contributed by atoms with Gasteiger partial charge in [0.15, 0.2) is 0 Å². The number of carbonyl (C=O) groups is 3. The molecule has 7 heteroatoms. The summed E-state index contributed by atoms with van der Waals surface area (Å²) < 4.78 is 2.06. The molecule has 1 saturated heterocycles. The van der Waals surface area contributed by atoms with Crippen LogP contribution < -0.4 is 0 Å². The van der Waals surface area contributed by atoms with Crippen molar-refractivity contribution in [3.05, 3.63) is 77.1 Å². The number of aryl methyl sites for hydroxylation is 2. The highest BCUT2D eigenvalue weighted by atomic mass is 16.4. The molecule has 3 heterocycles. The number of carbonyl (C=O) groups excluding carboxylic acids is 1. The number of rotatable bonds is 9. The van der Waals surface area contributed by atoms with Gasteiger partial charge in [-0.3, -0.25) is 4.79 Å². The van der Waals surface area contributed by atoms with Crippen LogP contribution in [0.4, 0.5) is 0 Å². The molecule has 0 spiro atoms. The fourth-order valence-electron chi connectivity index (χ4n) is 4.64. The van der Waals surface area contributed by atoms with E-state index < -0.39 is 11.9 Å². The third kappa shape index (κ3) is 7.52. The lowest BCUT2D eigenvalue weighted by Gasteiger charge is -2.26. The van der Waals surface area contributed by atoms with E-state index in [1.807, 2.05) is 30.5 Å². The zero-order valence-corrected chi connectivity index (χ0v) is 21.0. The van der Waals surface area contributed by atoms with Gasteiger partial charge in [-0.1, -0.05) is 50.1 Å². The van der Waals surface area contributed by atoms with Crippen molar-refractivity contribution in [2.24, 2.45) is 0 Å². The second kappa shape index (κ2) is 13.6. The Labute approximate surface area is 212 Å². The van der Waals surface area contributed by atoms with Gasteiger partial charge in [-0.2, -0.15) is 0 Å². The molecule has 0 amide bonds. The summed E-state index contributed by atoms with van der Waals surface area (Å²) in [5, 5.41) is 14.8. The number of unbranched alkanes of at least 4 members (excludes halogenated alkanes) is 1. The van der Waals surface area contributed by atoms with Crippen molar-refractivity contribution in [2.75, 3.05) is 19.6 Å². The molecule has 4 rings (SSSR count). The lowest BCUT2D eigenvalue weighted by atomic mass is 10.00. The van der Waals surface area contributed by atoms with E-state index in [9.17, 15) is 4.79 Å². The van der Waals surface area contributed by atoms with Crippen LogP contribution in [-0.2, 0) is 22.4 Å². The first-order chi connectivity index (χ1) is 17.4. The maximum Gasteiger partial charge on any atom is 0.414 e. The number of piperidine rings is 1. The van der Waals surface area contributed by atoms with Crippen LogP contribution in [0.5, 0.6) is 0 Å². The normalized spacial score (nSPS) is 13.7. The molecule has 1 fully saturated rings. The summed E-state index contributed by atoms with van der Waals surface area (Å²) in [5.41, 5.74) is 5.21. The quantitative estimate of drug-likeness (QED) is 0.319. The topological polar surface area (TPSA) is 99.3 Å². The summed E-state index contributed by atoms with van der Waals surface area (Å²) in [7, 11) is 0. The lowest BCUT2D eigenvalue weighted by molar-refractivity contribution is -0.159. The summed E-state index contributed by atoms with van der Waals surface area (Å²) in [6, 6.07) is 16.6. The van der Waals surface area contributed by atoms with Gasteiger partial charge in [0.25, 0.3) is 0 Å². The summed E-state index contributed by atoms with van der Waals surface area (Å²) >= 11 is 0. The van der Waals surface area contributed by atoms with Crippen LogP contribution in [0.3, 0.4) is 0 Å². The molecule has 0 saturated carbocycles. The summed E-state index contributed by atoms with van der Waals surface area (Å²) in [6.07, 6.45) is 11.6. The van der Waals surface area contributed by atoms with Crippen molar-refractivity contribution in [1.82, 2.24) is 9.30 Å². The standard InChI is InChI=1S/C27H34N2O.C2H2O4/c1-2-3-11-24-21-25-12-5-8-20-29(25)26(24)27(30)23-15-13-22(14-16-23)10-9-19-28-17-6-4-7-18-28;3-1(4)2(5)6/h5,8,12-16,20-21H,2-4,6-7,9-11,17-19H2,1H3;(H,3,4)(H,5,6). The predicted molar refractivity (Wildman–Crippen MR) is 140 cm³/mol. The molecule has 7 nitrogen and oxygen atoms in total. The van der Waals surface area contributed by atoms with Gasteiger partial charge in [0.05, 0.1) is 5.69 Å². The van der Waals surface area contributed by atoms with E-state index >= 15 is 0 Å². The third-order valence-electron chi connectivity index (χ3n) is 6.56. The molecular weight excluding hydrogens is 456 g/mol. The Morgan fingerprint density at radius 3 is 2.19 bits per heavy atom. The Kier molecular flexibility index (Phi) is 10.2. The van der Waals surface area contributed by atoms with Gasteiger partial charge in [-0.15, -0.1) is 0 Å². The average molecular weight is 493 g/mol. The molecule has 1 aromatic carbocycles. The number of benzene rings is 1. The average Bonchev–Trinajstić information content (AvgIpc) is 3.26. The van der Waals surface area contributed by atoms with E-state index in [0.29, 0.717) is 0 Å². The molecule has 2 aromatic heterocycles. The summed E-state index contributed by atoms with van der Waals surface area (Å²) in [4.78, 5) is 34.2. The minimum Gasteiger partial charge on any atom is -0.473 e. The Balaban J connectivity index is 0.000000538. The number of fused-ring (bicyclic) bond motifs is 1. The second-order valence-electron chi connectivity index (χ2n) is 9.26. The minimum atomic E-state index is -1.82. The van der Waals surface area contributed by atoms with Gasteiger partial charge in [0, 0.05) is 17.3 Å². The maximum atomic E-state index is 13.4. The van der Waals surface area contributed by atoms with E-state index in [-0.39, 0.29) is 5.78 Å². The van der Waals surface area contributed by atoms with Gasteiger partial charge in [-0.25, -0.2) is 9.59 Å². The number of nitrogens with zero attached hydrogens (tertiary/aromatic N) is 2. The van der Waals surface area contributed by atoms with Crippen LogP contribution in [0, 0.1) is 0 Å². The molecule has 0 radical (unpaired) electrons. The Hall–Kier alpha value is -3.45. The van der Waals surface area contributed by atoms with Crippen LogP contribution in [0.2, 0.25) is 0 Å². The fraction of sp³-hybridized carbons (Fsp3) is 0.414. The fourth-order valence-corrected chi connectivity index (χ4v) is 4.64. The van der Waals surface area contributed by atoms with E-state index in [2.05, 4.69) is 40.5 Å². The first-order valence-corrected chi connectivity index (χ1v) is 12.8. The van der Waals surface area contributed by atoms with Crippen LogP contribution in [0.25, 0.3) is 5.52 Å². The number of hydrogen-bond acceptors (Lipinski definition) is 4. The van der Waals surface area contributed by atoms with Gasteiger partial charge < -0.3 is 19.5 Å². The van der Waals surface area contributed by atoms with Crippen LogP contribution in [-0.4, -0.2) is 56.9 Å². The molecule has 0 aliphatic carbocycles. The molecule has 0 atom stereocenters. The smallest absolute Gasteiger partial charge is 0.414 e. The van der Waals surface area contributed by atoms with Crippen molar-refractivity contribution >= 4 is 23.2 Å². The third-order valence-corrected chi connectivity index (χ3v) is 6.56.